The highest BCUT2D eigenvalue weighted by Gasteiger charge is 2.32. The Morgan fingerprint density at radius 3 is 2.32 bits per heavy atom. The van der Waals surface area contributed by atoms with Gasteiger partial charge in [-0.05, 0) is 37.0 Å². The van der Waals surface area contributed by atoms with Crippen LogP contribution in [-0.2, 0) is 9.53 Å². The van der Waals surface area contributed by atoms with Gasteiger partial charge in [-0.25, -0.2) is 0 Å². The van der Waals surface area contributed by atoms with Gasteiger partial charge in [-0.3, -0.25) is 4.79 Å². The molecule has 112 valence electrons. The van der Waals surface area contributed by atoms with E-state index in [0.29, 0.717) is 17.9 Å². The first-order valence-corrected chi connectivity index (χ1v) is 7.28. The zero-order valence-electron chi connectivity index (χ0n) is 12.7. The zero-order valence-corrected chi connectivity index (χ0v) is 12.7. The van der Waals surface area contributed by atoms with Crippen molar-refractivity contribution in [2.75, 3.05) is 20.3 Å². The molecule has 4 nitrogen and oxygen atoms in total. The van der Waals surface area contributed by atoms with Crippen molar-refractivity contribution >= 4 is 5.91 Å². The van der Waals surface area contributed by atoms with Crippen LogP contribution in [0.5, 0.6) is 0 Å². The van der Waals surface area contributed by atoms with E-state index in [9.17, 15) is 4.79 Å². The molecule has 0 aromatic rings. The maximum atomic E-state index is 12.1. The molecule has 19 heavy (non-hydrogen) atoms. The van der Waals surface area contributed by atoms with Crippen molar-refractivity contribution < 1.29 is 14.6 Å². The van der Waals surface area contributed by atoms with E-state index in [1.54, 1.807) is 7.11 Å². The fourth-order valence-corrected chi connectivity index (χ4v) is 2.88. The second kappa shape index (κ2) is 7.25. The molecule has 0 aromatic heterocycles. The molecule has 0 aliphatic heterocycles. The molecule has 0 radical (unpaired) electrons. The summed E-state index contributed by atoms with van der Waals surface area (Å²) in [6.07, 6.45) is 4.16. The monoisotopic (exact) mass is 271 g/mol. The molecule has 0 bridgehead atoms. The summed E-state index contributed by atoms with van der Waals surface area (Å²) in [7, 11) is 1.57. The maximum Gasteiger partial charge on any atom is 0.223 e. The van der Waals surface area contributed by atoms with Gasteiger partial charge >= 0.3 is 0 Å². The van der Waals surface area contributed by atoms with Crippen molar-refractivity contribution in [3.8, 4) is 0 Å². The molecule has 0 heterocycles. The first kappa shape index (κ1) is 16.4. The van der Waals surface area contributed by atoms with Crippen molar-refractivity contribution in [1.29, 1.82) is 0 Å². The summed E-state index contributed by atoms with van der Waals surface area (Å²) < 4.78 is 4.97. The first-order chi connectivity index (χ1) is 8.88. The third-order valence-corrected chi connectivity index (χ3v) is 4.26. The quantitative estimate of drug-likeness (QED) is 0.803. The van der Waals surface area contributed by atoms with Crippen LogP contribution in [0.15, 0.2) is 0 Å². The van der Waals surface area contributed by atoms with E-state index >= 15 is 0 Å². The van der Waals surface area contributed by atoms with Crippen LogP contribution in [0.2, 0.25) is 0 Å². The third kappa shape index (κ3) is 5.11. The van der Waals surface area contributed by atoms with Gasteiger partial charge in [0, 0.05) is 13.0 Å². The molecular formula is C15H29NO3. The van der Waals surface area contributed by atoms with Crippen molar-refractivity contribution in [3.05, 3.63) is 0 Å². The molecule has 1 rings (SSSR count). The smallest absolute Gasteiger partial charge is 0.223 e. The third-order valence-electron chi connectivity index (χ3n) is 4.26. The Labute approximate surface area is 116 Å². The summed E-state index contributed by atoms with van der Waals surface area (Å²) in [6, 6.07) is -0.280. The Bertz CT molecular complexity index is 278. The lowest BCUT2D eigenvalue weighted by molar-refractivity contribution is -0.128. The van der Waals surface area contributed by atoms with Gasteiger partial charge in [0.05, 0.1) is 19.3 Å². The van der Waals surface area contributed by atoms with Crippen molar-refractivity contribution in [3.63, 3.8) is 0 Å². The van der Waals surface area contributed by atoms with Crippen LogP contribution in [0, 0.1) is 17.3 Å². The largest absolute Gasteiger partial charge is 0.394 e. The number of carbonyl (C=O) groups is 1. The van der Waals surface area contributed by atoms with Crippen LogP contribution in [0.4, 0.5) is 0 Å². The molecule has 4 heteroatoms. The van der Waals surface area contributed by atoms with Gasteiger partial charge in [-0.2, -0.15) is 0 Å². The number of aliphatic hydroxyl groups excluding tert-OH is 1. The minimum Gasteiger partial charge on any atom is -0.394 e. The summed E-state index contributed by atoms with van der Waals surface area (Å²) in [5.74, 6) is 0.886. The fraction of sp³-hybridized carbons (Fsp3) is 0.933. The van der Waals surface area contributed by atoms with Crippen LogP contribution in [0.25, 0.3) is 0 Å². The Morgan fingerprint density at radius 2 is 1.89 bits per heavy atom. The number of nitrogens with one attached hydrogen (secondary N) is 1. The number of carbonyl (C=O) groups excluding carboxylic acids is 1. The predicted molar refractivity (Wildman–Crippen MR) is 75.8 cm³/mol. The second-order valence-electron chi connectivity index (χ2n) is 6.76. The minimum absolute atomic E-state index is 0.0725. The number of ether oxygens (including phenoxy) is 1. The molecule has 0 saturated heterocycles. The first-order valence-electron chi connectivity index (χ1n) is 7.28. The summed E-state index contributed by atoms with van der Waals surface area (Å²) in [6.45, 7) is 7.12. The normalized spacial score (nSPS) is 25.9. The Kier molecular flexibility index (Phi) is 6.27. The highest BCUT2D eigenvalue weighted by atomic mass is 16.5. The number of amides is 1. The number of methoxy groups -OCH3 is 1. The zero-order chi connectivity index (χ0) is 14.5. The fourth-order valence-electron chi connectivity index (χ4n) is 2.88. The number of aliphatic hydroxyl groups is 1. The average Bonchev–Trinajstić information content (AvgIpc) is 2.37. The van der Waals surface area contributed by atoms with Crippen molar-refractivity contribution in [2.24, 2.45) is 17.3 Å². The topological polar surface area (TPSA) is 58.6 Å². The molecule has 2 N–H and O–H groups in total. The molecule has 0 spiro atoms. The lowest BCUT2D eigenvalue weighted by Crippen LogP contribution is -2.44. The van der Waals surface area contributed by atoms with Gasteiger partial charge < -0.3 is 15.2 Å². The van der Waals surface area contributed by atoms with Crippen LogP contribution >= 0.6 is 0 Å². The number of hydrogen-bond donors (Lipinski definition) is 2. The average molecular weight is 271 g/mol. The molecule has 1 unspecified atom stereocenters. The van der Waals surface area contributed by atoms with Crippen molar-refractivity contribution in [2.45, 2.75) is 52.5 Å². The Balaban J connectivity index is 2.40. The lowest BCUT2D eigenvalue weighted by atomic mass is 9.69. The summed E-state index contributed by atoms with van der Waals surface area (Å²) in [4.78, 5) is 12.1. The van der Waals surface area contributed by atoms with E-state index in [1.807, 2.05) is 0 Å². The molecular weight excluding hydrogens is 242 g/mol. The molecule has 1 amide bonds. The SMILES string of the molecule is COCC(CO)NC(=O)C1CCC(C(C)(C)C)CC1. The van der Waals surface area contributed by atoms with Gasteiger partial charge in [0.25, 0.3) is 0 Å². The van der Waals surface area contributed by atoms with Gasteiger partial charge in [-0.1, -0.05) is 20.8 Å². The van der Waals surface area contributed by atoms with Crippen LogP contribution in [-0.4, -0.2) is 37.4 Å². The highest BCUT2D eigenvalue weighted by molar-refractivity contribution is 5.79. The number of hydrogen-bond acceptors (Lipinski definition) is 3. The standard InChI is InChI=1S/C15H29NO3/c1-15(2,3)12-7-5-11(6-8-12)14(18)16-13(9-17)10-19-4/h11-13,17H,5-10H2,1-4H3,(H,16,18). The summed E-state index contributed by atoms with van der Waals surface area (Å²) in [5.41, 5.74) is 0.338. The molecule has 0 aromatic carbocycles. The van der Waals surface area contributed by atoms with Gasteiger partial charge in [0.15, 0.2) is 0 Å². The number of rotatable bonds is 5. The second-order valence-corrected chi connectivity index (χ2v) is 6.76. The van der Waals surface area contributed by atoms with Crippen molar-refractivity contribution in [1.82, 2.24) is 5.32 Å². The van der Waals surface area contributed by atoms with Crippen LogP contribution < -0.4 is 5.32 Å². The van der Waals surface area contributed by atoms with E-state index in [2.05, 4.69) is 26.1 Å². The molecule has 1 fully saturated rings. The Hall–Kier alpha value is -0.610. The maximum absolute atomic E-state index is 12.1. The molecule has 1 saturated carbocycles. The van der Waals surface area contributed by atoms with E-state index in [-0.39, 0.29) is 24.5 Å². The summed E-state index contributed by atoms with van der Waals surface area (Å²) in [5, 5.41) is 12.0. The van der Waals surface area contributed by atoms with Gasteiger partial charge in [0.1, 0.15) is 0 Å². The van der Waals surface area contributed by atoms with Gasteiger partial charge in [0.2, 0.25) is 5.91 Å². The Morgan fingerprint density at radius 1 is 1.32 bits per heavy atom. The van der Waals surface area contributed by atoms with Gasteiger partial charge in [-0.15, -0.1) is 0 Å². The molecule has 1 atom stereocenters. The lowest BCUT2D eigenvalue weighted by Gasteiger charge is -2.36. The summed E-state index contributed by atoms with van der Waals surface area (Å²) >= 11 is 0. The molecule has 1 aliphatic carbocycles. The van der Waals surface area contributed by atoms with E-state index in [1.165, 1.54) is 0 Å². The minimum atomic E-state index is -0.280. The predicted octanol–water partition coefficient (Wildman–Crippen LogP) is 1.96. The molecule has 1 aliphatic rings. The van der Waals surface area contributed by atoms with E-state index < -0.39 is 0 Å². The van der Waals surface area contributed by atoms with E-state index in [4.69, 9.17) is 9.84 Å². The van der Waals surface area contributed by atoms with Crippen LogP contribution in [0.1, 0.15) is 46.5 Å². The van der Waals surface area contributed by atoms with E-state index in [0.717, 1.165) is 25.7 Å². The van der Waals surface area contributed by atoms with Crippen LogP contribution in [0.3, 0.4) is 0 Å². The highest BCUT2D eigenvalue weighted by Crippen LogP contribution is 2.39.